The molecule has 0 aliphatic heterocycles. The summed E-state index contributed by atoms with van der Waals surface area (Å²) in [5.74, 6) is -0.904. The van der Waals surface area contributed by atoms with Crippen molar-refractivity contribution >= 4 is 5.97 Å². The Morgan fingerprint density at radius 2 is 2.00 bits per heavy atom. The average molecular weight is 260 g/mol. The maximum Gasteiger partial charge on any atom is 0.335 e. The van der Waals surface area contributed by atoms with E-state index in [0.29, 0.717) is 5.75 Å². The maximum atomic E-state index is 13.6. The summed E-state index contributed by atoms with van der Waals surface area (Å²) in [7, 11) is 0. The van der Waals surface area contributed by atoms with Crippen LogP contribution in [-0.2, 0) is 6.61 Å². The summed E-state index contributed by atoms with van der Waals surface area (Å²) < 4.78 is 19.1. The minimum absolute atomic E-state index is 0.00218. The number of aromatic carboxylic acids is 1. The molecule has 0 spiro atoms. The molecule has 0 aliphatic rings. The second-order valence-electron chi connectivity index (χ2n) is 4.17. The number of aryl methyl sites for hydroxylation is 1. The Kier molecular flexibility index (Phi) is 3.80. The Labute approximate surface area is 110 Å². The van der Waals surface area contributed by atoms with E-state index < -0.39 is 11.8 Å². The zero-order chi connectivity index (χ0) is 13.8. The van der Waals surface area contributed by atoms with Crippen molar-refractivity contribution in [2.75, 3.05) is 0 Å². The highest BCUT2D eigenvalue weighted by Gasteiger charge is 2.09. The predicted molar refractivity (Wildman–Crippen MR) is 68.9 cm³/mol. The number of para-hydroxylation sites is 1. The van der Waals surface area contributed by atoms with Crippen LogP contribution in [0.25, 0.3) is 0 Å². The first-order valence-electron chi connectivity index (χ1n) is 5.78. The van der Waals surface area contributed by atoms with E-state index in [4.69, 9.17) is 9.84 Å². The van der Waals surface area contributed by atoms with E-state index in [0.717, 1.165) is 11.6 Å². The van der Waals surface area contributed by atoms with Gasteiger partial charge in [0, 0.05) is 5.56 Å². The monoisotopic (exact) mass is 260 g/mol. The van der Waals surface area contributed by atoms with Gasteiger partial charge in [0.25, 0.3) is 0 Å². The minimum Gasteiger partial charge on any atom is -0.489 e. The van der Waals surface area contributed by atoms with Crippen molar-refractivity contribution in [1.82, 2.24) is 0 Å². The molecule has 0 unspecified atom stereocenters. The van der Waals surface area contributed by atoms with E-state index in [9.17, 15) is 9.18 Å². The van der Waals surface area contributed by atoms with Crippen molar-refractivity contribution in [3.05, 3.63) is 65.0 Å². The molecular formula is C15H13FO3. The van der Waals surface area contributed by atoms with Crippen LogP contribution in [0.5, 0.6) is 5.75 Å². The number of hydrogen-bond acceptors (Lipinski definition) is 2. The zero-order valence-corrected chi connectivity index (χ0v) is 10.4. The molecule has 19 heavy (non-hydrogen) atoms. The third-order valence-electron chi connectivity index (χ3n) is 2.77. The molecule has 98 valence electrons. The molecule has 0 saturated heterocycles. The summed E-state index contributed by atoms with van der Waals surface area (Å²) in [6.45, 7) is 1.89. The van der Waals surface area contributed by atoms with Gasteiger partial charge in [-0.2, -0.15) is 0 Å². The molecule has 0 aliphatic carbocycles. The fraction of sp³-hybridized carbons (Fsp3) is 0.133. The summed E-state index contributed by atoms with van der Waals surface area (Å²) in [5.41, 5.74) is 1.21. The Morgan fingerprint density at radius 3 is 2.68 bits per heavy atom. The minimum atomic E-state index is -1.09. The normalized spacial score (nSPS) is 10.2. The molecule has 1 N–H and O–H groups in total. The van der Waals surface area contributed by atoms with Crippen LogP contribution in [0.3, 0.4) is 0 Å². The summed E-state index contributed by atoms with van der Waals surface area (Å²) >= 11 is 0. The van der Waals surface area contributed by atoms with Crippen LogP contribution in [0.2, 0.25) is 0 Å². The van der Waals surface area contributed by atoms with Crippen LogP contribution >= 0.6 is 0 Å². The van der Waals surface area contributed by atoms with E-state index >= 15 is 0 Å². The van der Waals surface area contributed by atoms with E-state index in [1.807, 2.05) is 25.1 Å². The number of hydrogen-bond donors (Lipinski definition) is 1. The molecule has 2 aromatic rings. The Morgan fingerprint density at radius 1 is 1.26 bits per heavy atom. The van der Waals surface area contributed by atoms with Gasteiger partial charge in [-0.1, -0.05) is 18.2 Å². The third-order valence-corrected chi connectivity index (χ3v) is 2.77. The van der Waals surface area contributed by atoms with Crippen LogP contribution in [0.4, 0.5) is 4.39 Å². The van der Waals surface area contributed by atoms with E-state index in [-0.39, 0.29) is 17.7 Å². The quantitative estimate of drug-likeness (QED) is 0.916. The molecule has 3 nitrogen and oxygen atoms in total. The van der Waals surface area contributed by atoms with Crippen molar-refractivity contribution in [1.29, 1.82) is 0 Å². The molecule has 0 saturated carbocycles. The van der Waals surface area contributed by atoms with Gasteiger partial charge in [0.1, 0.15) is 18.2 Å². The maximum absolute atomic E-state index is 13.6. The first kappa shape index (κ1) is 13.1. The van der Waals surface area contributed by atoms with Crippen molar-refractivity contribution in [2.24, 2.45) is 0 Å². The topological polar surface area (TPSA) is 46.5 Å². The fourth-order valence-corrected chi connectivity index (χ4v) is 1.69. The summed E-state index contributed by atoms with van der Waals surface area (Å²) in [4.78, 5) is 10.8. The smallest absolute Gasteiger partial charge is 0.335 e. The van der Waals surface area contributed by atoms with Crippen molar-refractivity contribution in [3.8, 4) is 5.75 Å². The molecular weight excluding hydrogens is 247 g/mol. The molecule has 0 amide bonds. The average Bonchev–Trinajstić information content (AvgIpc) is 2.39. The molecule has 0 atom stereocenters. The number of ether oxygens (including phenoxy) is 1. The Hall–Kier alpha value is -2.36. The van der Waals surface area contributed by atoms with Gasteiger partial charge in [0.05, 0.1) is 5.56 Å². The SMILES string of the molecule is Cc1ccccc1OCc1cc(C(=O)O)ccc1F. The molecule has 0 fully saturated rings. The van der Waals surface area contributed by atoms with Crippen LogP contribution in [0, 0.1) is 12.7 Å². The standard InChI is InChI=1S/C15H13FO3/c1-10-4-2-3-5-14(10)19-9-12-8-11(15(17)18)6-7-13(12)16/h2-8H,9H2,1H3,(H,17,18). The van der Waals surface area contributed by atoms with Gasteiger partial charge >= 0.3 is 5.97 Å². The van der Waals surface area contributed by atoms with Gasteiger partial charge in [-0.15, -0.1) is 0 Å². The number of rotatable bonds is 4. The van der Waals surface area contributed by atoms with Gasteiger partial charge in [0.15, 0.2) is 0 Å². The zero-order valence-electron chi connectivity index (χ0n) is 10.4. The first-order valence-corrected chi connectivity index (χ1v) is 5.78. The fourth-order valence-electron chi connectivity index (χ4n) is 1.69. The molecule has 2 rings (SSSR count). The predicted octanol–water partition coefficient (Wildman–Crippen LogP) is 3.41. The lowest BCUT2D eigenvalue weighted by molar-refractivity contribution is 0.0696. The van der Waals surface area contributed by atoms with Gasteiger partial charge in [-0.3, -0.25) is 0 Å². The number of benzene rings is 2. The van der Waals surface area contributed by atoms with Crippen LogP contribution in [-0.4, -0.2) is 11.1 Å². The van der Waals surface area contributed by atoms with Crippen molar-refractivity contribution in [3.63, 3.8) is 0 Å². The first-order chi connectivity index (χ1) is 9.08. The second kappa shape index (κ2) is 5.52. The lowest BCUT2D eigenvalue weighted by Gasteiger charge is -2.10. The van der Waals surface area contributed by atoms with Crippen molar-refractivity contribution in [2.45, 2.75) is 13.5 Å². The van der Waals surface area contributed by atoms with Crippen LogP contribution in [0.1, 0.15) is 21.5 Å². The second-order valence-corrected chi connectivity index (χ2v) is 4.17. The highest BCUT2D eigenvalue weighted by Crippen LogP contribution is 2.19. The van der Waals surface area contributed by atoms with E-state index in [1.165, 1.54) is 12.1 Å². The number of halogens is 1. The summed E-state index contributed by atoms with van der Waals surface area (Å²) in [5, 5.41) is 8.87. The van der Waals surface area contributed by atoms with Gasteiger partial charge in [-0.25, -0.2) is 9.18 Å². The van der Waals surface area contributed by atoms with E-state index in [2.05, 4.69) is 0 Å². The molecule has 0 aromatic heterocycles. The summed E-state index contributed by atoms with van der Waals surface area (Å²) in [6, 6.07) is 11.0. The molecule has 0 bridgehead atoms. The number of carboxylic acids is 1. The third kappa shape index (κ3) is 3.10. The molecule has 2 aromatic carbocycles. The molecule has 0 heterocycles. The molecule has 0 radical (unpaired) electrons. The van der Waals surface area contributed by atoms with E-state index in [1.54, 1.807) is 6.07 Å². The Balaban J connectivity index is 2.17. The largest absolute Gasteiger partial charge is 0.489 e. The highest BCUT2D eigenvalue weighted by atomic mass is 19.1. The van der Waals surface area contributed by atoms with Gasteiger partial charge in [0.2, 0.25) is 0 Å². The Bertz CT molecular complexity index is 608. The van der Waals surface area contributed by atoms with Gasteiger partial charge < -0.3 is 9.84 Å². The lowest BCUT2D eigenvalue weighted by atomic mass is 10.1. The van der Waals surface area contributed by atoms with Crippen LogP contribution in [0.15, 0.2) is 42.5 Å². The lowest BCUT2D eigenvalue weighted by Crippen LogP contribution is -2.03. The number of carboxylic acid groups (broad SMARTS) is 1. The highest BCUT2D eigenvalue weighted by molar-refractivity contribution is 5.87. The van der Waals surface area contributed by atoms with Crippen LogP contribution < -0.4 is 4.74 Å². The molecule has 4 heteroatoms. The summed E-state index contributed by atoms with van der Waals surface area (Å²) in [6.07, 6.45) is 0. The van der Waals surface area contributed by atoms with Gasteiger partial charge in [-0.05, 0) is 36.8 Å². The van der Waals surface area contributed by atoms with Crippen molar-refractivity contribution < 1.29 is 19.0 Å². The number of carbonyl (C=O) groups is 1.